The van der Waals surface area contributed by atoms with Crippen LogP contribution in [-0.4, -0.2) is 19.9 Å². The molecule has 0 spiro atoms. The van der Waals surface area contributed by atoms with Gasteiger partial charge in [-0.3, -0.25) is 0 Å². The van der Waals surface area contributed by atoms with Crippen LogP contribution in [0.4, 0.5) is 11.8 Å². The molecule has 14 heavy (non-hydrogen) atoms. The molecular formula is C7H7N6W-. The molecular weight excluding hydrogens is 352 g/mol. The van der Waals surface area contributed by atoms with Gasteiger partial charge in [-0.15, -0.1) is 0 Å². The number of nitrogens with zero attached hydrogens (tertiary/aromatic N) is 4. The van der Waals surface area contributed by atoms with Crippen LogP contribution in [0.2, 0.25) is 0 Å². The first kappa shape index (κ1) is 10.8. The molecule has 0 amide bonds. The second-order valence-electron chi connectivity index (χ2n) is 2.62. The average molecular weight is 359 g/mol. The van der Waals surface area contributed by atoms with Crippen molar-refractivity contribution in [3.8, 4) is 0 Å². The number of anilines is 1. The van der Waals surface area contributed by atoms with E-state index in [-0.39, 0.29) is 32.8 Å². The van der Waals surface area contributed by atoms with Crippen molar-refractivity contribution >= 4 is 22.9 Å². The molecule has 2 aromatic heterocycles. The standard InChI is InChI=1S/C7H7N6.W/c1-3-2-10-6-4(11-3)5(8)12-7(9)13-6;/h2H,1H3,(H3-,8,9,10,12,13);/q-1;. The maximum Gasteiger partial charge on any atom is 0.118 e. The zero-order valence-electron chi connectivity index (χ0n) is 7.35. The van der Waals surface area contributed by atoms with E-state index in [0.29, 0.717) is 11.2 Å². The molecule has 2 aromatic rings. The van der Waals surface area contributed by atoms with Crippen molar-refractivity contribution in [1.29, 1.82) is 0 Å². The number of fused-ring (bicyclic) bond motifs is 1. The normalized spacial score (nSPS) is 9.79. The maximum atomic E-state index is 7.20. The third kappa shape index (κ3) is 1.80. The Balaban J connectivity index is 0.000000980. The van der Waals surface area contributed by atoms with Crippen LogP contribution in [0.25, 0.3) is 16.9 Å². The predicted octanol–water partition coefficient (Wildman–Crippen LogP) is 0.992. The van der Waals surface area contributed by atoms with Crippen molar-refractivity contribution in [2.45, 2.75) is 6.92 Å². The summed E-state index contributed by atoms with van der Waals surface area (Å²) in [5.41, 5.74) is 14.3. The van der Waals surface area contributed by atoms with Crippen LogP contribution >= 0.6 is 0 Å². The number of aryl methyl sites for hydroxylation is 1. The fourth-order valence-corrected chi connectivity index (χ4v) is 1.02. The van der Waals surface area contributed by atoms with E-state index in [1.807, 2.05) is 0 Å². The molecule has 72 valence electrons. The molecule has 2 heterocycles. The van der Waals surface area contributed by atoms with E-state index in [0.717, 1.165) is 5.69 Å². The number of aromatic nitrogens is 4. The van der Waals surface area contributed by atoms with Gasteiger partial charge in [0, 0.05) is 33.2 Å². The first-order chi connectivity index (χ1) is 6.16. The molecule has 7 heteroatoms. The fraction of sp³-hybridized carbons (Fsp3) is 0.143. The minimum absolute atomic E-state index is 0. The summed E-state index contributed by atoms with van der Waals surface area (Å²) in [7, 11) is 0. The van der Waals surface area contributed by atoms with Crippen molar-refractivity contribution < 1.29 is 21.1 Å². The Hall–Kier alpha value is -1.29. The Labute approximate surface area is 94.4 Å². The number of nitrogens with two attached hydrogens (primary N) is 1. The van der Waals surface area contributed by atoms with Crippen LogP contribution in [0.5, 0.6) is 0 Å². The predicted molar refractivity (Wildman–Crippen MR) is 48.3 cm³/mol. The summed E-state index contributed by atoms with van der Waals surface area (Å²) in [5.74, 6) is 0.0642. The van der Waals surface area contributed by atoms with E-state index >= 15 is 0 Å². The minimum Gasteiger partial charge on any atom is -0.410 e. The Morgan fingerprint density at radius 2 is 2.00 bits per heavy atom. The topological polar surface area (TPSA) is 101 Å². The second kappa shape index (κ2) is 3.84. The average Bonchev–Trinajstić information content (AvgIpc) is 2.06. The van der Waals surface area contributed by atoms with Gasteiger partial charge in [-0.2, -0.15) is 0 Å². The molecule has 6 nitrogen and oxygen atoms in total. The Morgan fingerprint density at radius 3 is 2.71 bits per heavy atom. The summed E-state index contributed by atoms with van der Waals surface area (Å²) >= 11 is 0. The molecule has 0 aliphatic carbocycles. The number of hydrogen-bond donors (Lipinski definition) is 1. The van der Waals surface area contributed by atoms with Crippen LogP contribution < -0.4 is 5.73 Å². The number of nitrogens with one attached hydrogen (secondary N) is 1. The molecule has 3 N–H and O–H groups in total. The van der Waals surface area contributed by atoms with Gasteiger partial charge in [0.15, 0.2) is 0 Å². The van der Waals surface area contributed by atoms with Crippen molar-refractivity contribution in [3.63, 3.8) is 0 Å². The van der Waals surface area contributed by atoms with E-state index in [2.05, 4.69) is 19.9 Å². The smallest absolute Gasteiger partial charge is 0.118 e. The molecule has 0 aliphatic heterocycles. The van der Waals surface area contributed by atoms with Gasteiger partial charge in [-0.1, -0.05) is 0 Å². The van der Waals surface area contributed by atoms with Crippen LogP contribution in [0, 0.1) is 6.92 Å². The third-order valence-corrected chi connectivity index (χ3v) is 1.55. The minimum atomic E-state index is -0.136. The number of nitrogen functional groups attached to an aromatic ring is 1. The van der Waals surface area contributed by atoms with Crippen LogP contribution in [0.1, 0.15) is 5.69 Å². The van der Waals surface area contributed by atoms with Crippen molar-refractivity contribution in [1.82, 2.24) is 19.9 Å². The Bertz CT molecular complexity index is 471. The third-order valence-electron chi connectivity index (χ3n) is 1.55. The molecule has 0 bridgehead atoms. The van der Waals surface area contributed by atoms with Gasteiger partial charge in [-0.05, 0) is 6.92 Å². The molecule has 2 rings (SSSR count). The molecule has 0 aliphatic rings. The van der Waals surface area contributed by atoms with Crippen molar-refractivity contribution in [2.24, 2.45) is 0 Å². The first-order valence-electron chi connectivity index (χ1n) is 3.65. The summed E-state index contributed by atoms with van der Waals surface area (Å²) in [4.78, 5) is 15.6. The number of rotatable bonds is 0. The van der Waals surface area contributed by atoms with E-state index in [9.17, 15) is 0 Å². The van der Waals surface area contributed by atoms with Crippen LogP contribution in [0.15, 0.2) is 6.20 Å². The zero-order valence-corrected chi connectivity index (χ0v) is 10.3. The SMILES string of the molecule is Cc1cnc2nc([NH-])nc(N)c2n1.[W]. The molecule has 0 aromatic carbocycles. The summed E-state index contributed by atoms with van der Waals surface area (Å²) in [5, 5.41) is 0. The van der Waals surface area contributed by atoms with Gasteiger partial charge in [0.2, 0.25) is 0 Å². The van der Waals surface area contributed by atoms with Gasteiger partial charge < -0.3 is 21.4 Å². The Morgan fingerprint density at radius 1 is 1.29 bits per heavy atom. The zero-order chi connectivity index (χ0) is 9.42. The van der Waals surface area contributed by atoms with Gasteiger partial charge in [0.05, 0.1) is 11.5 Å². The van der Waals surface area contributed by atoms with Crippen molar-refractivity contribution in [3.05, 3.63) is 17.6 Å². The van der Waals surface area contributed by atoms with Gasteiger partial charge in [0.25, 0.3) is 0 Å². The Kier molecular flexibility index (Phi) is 2.96. The van der Waals surface area contributed by atoms with Crippen LogP contribution in [0.3, 0.4) is 0 Å². The molecule has 0 saturated heterocycles. The molecule has 0 atom stereocenters. The van der Waals surface area contributed by atoms with E-state index in [1.165, 1.54) is 0 Å². The molecule has 0 unspecified atom stereocenters. The van der Waals surface area contributed by atoms with E-state index < -0.39 is 0 Å². The monoisotopic (exact) mass is 359 g/mol. The van der Waals surface area contributed by atoms with E-state index in [1.54, 1.807) is 13.1 Å². The van der Waals surface area contributed by atoms with Crippen LogP contribution in [-0.2, 0) is 21.1 Å². The summed E-state index contributed by atoms with van der Waals surface area (Å²) in [6.07, 6.45) is 1.58. The molecule has 0 fully saturated rings. The quantitative estimate of drug-likeness (QED) is 0.756. The first-order valence-corrected chi connectivity index (χ1v) is 3.65. The summed E-state index contributed by atoms with van der Waals surface area (Å²) in [6, 6.07) is 0. The molecule has 0 radical (unpaired) electrons. The summed E-state index contributed by atoms with van der Waals surface area (Å²) < 4.78 is 0. The van der Waals surface area contributed by atoms with E-state index in [4.69, 9.17) is 11.5 Å². The van der Waals surface area contributed by atoms with Crippen molar-refractivity contribution in [2.75, 3.05) is 5.73 Å². The number of hydrogen-bond acceptors (Lipinski definition) is 5. The summed E-state index contributed by atoms with van der Waals surface area (Å²) in [6.45, 7) is 1.81. The fourth-order valence-electron chi connectivity index (χ4n) is 1.02. The molecule has 0 saturated carbocycles. The largest absolute Gasteiger partial charge is 0.410 e. The second-order valence-corrected chi connectivity index (χ2v) is 2.62. The van der Waals surface area contributed by atoms with Gasteiger partial charge >= 0.3 is 0 Å². The van der Waals surface area contributed by atoms with Gasteiger partial charge in [-0.25, -0.2) is 9.97 Å². The van der Waals surface area contributed by atoms with Gasteiger partial charge in [0.1, 0.15) is 11.2 Å². The maximum absolute atomic E-state index is 7.20.